The van der Waals surface area contributed by atoms with Crippen molar-refractivity contribution in [3.63, 3.8) is 0 Å². The first-order chi connectivity index (χ1) is 8.38. The summed E-state index contributed by atoms with van der Waals surface area (Å²) in [5.41, 5.74) is 1.14. The van der Waals surface area contributed by atoms with Crippen molar-refractivity contribution in [1.82, 2.24) is 10.3 Å². The normalized spacial score (nSPS) is 10.4. The lowest BCUT2D eigenvalue weighted by atomic mass is 10.3. The predicted octanol–water partition coefficient (Wildman–Crippen LogP) is 2.36. The summed E-state index contributed by atoms with van der Waals surface area (Å²) >= 11 is 0. The highest BCUT2D eigenvalue weighted by Crippen LogP contribution is 2.12. The molecule has 0 saturated carbocycles. The second kappa shape index (κ2) is 6.06. The number of ether oxygens (including phenoxy) is 1. The molecule has 1 N–H and O–H groups in total. The van der Waals surface area contributed by atoms with E-state index in [0.717, 1.165) is 30.2 Å². The molecule has 0 radical (unpaired) electrons. The smallest absolute Gasteiger partial charge is 0.146 e. The number of rotatable bonds is 6. The molecule has 0 aromatic carbocycles. The zero-order valence-electron chi connectivity index (χ0n) is 9.85. The maximum Gasteiger partial charge on any atom is 0.146 e. The molecule has 0 bridgehead atoms. The fraction of sp³-hybridized carbons (Fsp3) is 0.308. The Hall–Kier alpha value is -1.81. The summed E-state index contributed by atoms with van der Waals surface area (Å²) < 4.78 is 10.9. The summed E-state index contributed by atoms with van der Waals surface area (Å²) in [6.45, 7) is 4.28. The van der Waals surface area contributed by atoms with Crippen LogP contribution in [0.3, 0.4) is 0 Å². The lowest BCUT2D eigenvalue weighted by Gasteiger charge is -2.01. The van der Waals surface area contributed by atoms with E-state index in [2.05, 4.69) is 17.2 Å². The van der Waals surface area contributed by atoms with Crippen molar-refractivity contribution in [2.24, 2.45) is 0 Å². The molecule has 4 heteroatoms. The Morgan fingerprint density at radius 3 is 3.18 bits per heavy atom. The van der Waals surface area contributed by atoms with Crippen molar-refractivity contribution in [1.29, 1.82) is 0 Å². The van der Waals surface area contributed by atoms with Crippen LogP contribution in [-0.2, 0) is 13.2 Å². The second-order valence-electron chi connectivity index (χ2n) is 3.68. The molecular weight excluding hydrogens is 216 g/mol. The topological polar surface area (TPSA) is 47.3 Å². The zero-order chi connectivity index (χ0) is 11.9. The Bertz CT molecular complexity index is 440. The number of hydrogen-bond donors (Lipinski definition) is 1. The fourth-order valence-corrected chi connectivity index (χ4v) is 1.45. The van der Waals surface area contributed by atoms with Gasteiger partial charge in [0.25, 0.3) is 0 Å². The lowest BCUT2D eigenvalue weighted by Crippen LogP contribution is -2.10. The number of hydrogen-bond acceptors (Lipinski definition) is 4. The van der Waals surface area contributed by atoms with Crippen molar-refractivity contribution < 1.29 is 9.15 Å². The minimum absolute atomic E-state index is 0.428. The van der Waals surface area contributed by atoms with Gasteiger partial charge in [0.15, 0.2) is 0 Å². The third-order valence-electron chi connectivity index (χ3n) is 2.30. The van der Waals surface area contributed by atoms with Gasteiger partial charge in [-0.1, -0.05) is 6.92 Å². The molecule has 0 spiro atoms. The van der Waals surface area contributed by atoms with Crippen LogP contribution < -0.4 is 10.1 Å². The minimum Gasteiger partial charge on any atom is -0.484 e. The standard InChI is InChI=1S/C13H16N2O2/c1-2-14-7-11-6-13(16-9-11)10-17-12-4-3-5-15-8-12/h3-6,8-9,14H,2,7,10H2,1H3. The highest BCUT2D eigenvalue weighted by Gasteiger charge is 2.02. The van der Waals surface area contributed by atoms with Crippen LogP contribution in [-0.4, -0.2) is 11.5 Å². The third-order valence-corrected chi connectivity index (χ3v) is 2.30. The Labute approximate surface area is 101 Å². The van der Waals surface area contributed by atoms with Gasteiger partial charge in [0.05, 0.1) is 12.5 Å². The average molecular weight is 232 g/mol. The average Bonchev–Trinajstić information content (AvgIpc) is 2.83. The van der Waals surface area contributed by atoms with Gasteiger partial charge in [-0.25, -0.2) is 0 Å². The number of pyridine rings is 1. The molecule has 2 heterocycles. The molecule has 0 aliphatic carbocycles. The van der Waals surface area contributed by atoms with Gasteiger partial charge < -0.3 is 14.5 Å². The van der Waals surface area contributed by atoms with E-state index in [9.17, 15) is 0 Å². The van der Waals surface area contributed by atoms with E-state index < -0.39 is 0 Å². The summed E-state index contributed by atoms with van der Waals surface area (Å²) in [4.78, 5) is 3.98. The van der Waals surface area contributed by atoms with Crippen molar-refractivity contribution in [3.8, 4) is 5.75 Å². The monoisotopic (exact) mass is 232 g/mol. The van der Waals surface area contributed by atoms with Crippen molar-refractivity contribution >= 4 is 0 Å². The van der Waals surface area contributed by atoms with E-state index in [4.69, 9.17) is 9.15 Å². The second-order valence-corrected chi connectivity index (χ2v) is 3.68. The predicted molar refractivity (Wildman–Crippen MR) is 64.7 cm³/mol. The molecule has 2 aromatic rings. The molecule has 0 unspecified atom stereocenters. The van der Waals surface area contributed by atoms with Crippen molar-refractivity contribution in [3.05, 3.63) is 48.2 Å². The van der Waals surface area contributed by atoms with Gasteiger partial charge in [-0.3, -0.25) is 4.98 Å². The van der Waals surface area contributed by atoms with Gasteiger partial charge in [0.1, 0.15) is 18.1 Å². The molecule has 90 valence electrons. The summed E-state index contributed by atoms with van der Waals surface area (Å²) in [6.07, 6.45) is 5.15. The Morgan fingerprint density at radius 2 is 2.41 bits per heavy atom. The molecule has 0 fully saturated rings. The lowest BCUT2D eigenvalue weighted by molar-refractivity contribution is 0.269. The van der Waals surface area contributed by atoms with Crippen molar-refractivity contribution in [2.75, 3.05) is 6.54 Å². The van der Waals surface area contributed by atoms with E-state index >= 15 is 0 Å². The van der Waals surface area contributed by atoms with E-state index in [1.165, 1.54) is 0 Å². The Morgan fingerprint density at radius 1 is 1.47 bits per heavy atom. The SMILES string of the molecule is CCNCc1coc(COc2cccnc2)c1. The summed E-state index contributed by atoms with van der Waals surface area (Å²) in [5, 5.41) is 3.24. The van der Waals surface area contributed by atoms with Crippen LogP contribution in [0, 0.1) is 0 Å². The first-order valence-corrected chi connectivity index (χ1v) is 5.68. The van der Waals surface area contributed by atoms with Crippen molar-refractivity contribution in [2.45, 2.75) is 20.1 Å². The number of nitrogens with one attached hydrogen (secondary N) is 1. The summed E-state index contributed by atoms with van der Waals surface area (Å²) in [7, 11) is 0. The maximum atomic E-state index is 5.53. The number of nitrogens with zero attached hydrogens (tertiary/aromatic N) is 1. The highest BCUT2D eigenvalue weighted by molar-refractivity contribution is 5.17. The molecular formula is C13H16N2O2. The number of aromatic nitrogens is 1. The molecule has 0 saturated heterocycles. The molecule has 0 aliphatic rings. The highest BCUT2D eigenvalue weighted by atomic mass is 16.5. The molecule has 4 nitrogen and oxygen atoms in total. The molecule has 0 amide bonds. The molecule has 17 heavy (non-hydrogen) atoms. The van der Waals surface area contributed by atoms with Gasteiger partial charge in [-0.15, -0.1) is 0 Å². The van der Waals surface area contributed by atoms with Gasteiger partial charge in [-0.05, 0) is 24.7 Å². The van der Waals surface area contributed by atoms with Crippen LogP contribution in [0.2, 0.25) is 0 Å². The quantitative estimate of drug-likeness (QED) is 0.830. The van der Waals surface area contributed by atoms with Gasteiger partial charge in [-0.2, -0.15) is 0 Å². The molecule has 0 aliphatic heterocycles. The Balaban J connectivity index is 1.85. The molecule has 2 rings (SSSR count). The molecule has 2 aromatic heterocycles. The van der Waals surface area contributed by atoms with E-state index in [1.54, 1.807) is 18.7 Å². The largest absolute Gasteiger partial charge is 0.484 e. The molecule has 0 atom stereocenters. The van der Waals surface area contributed by atoms with Crippen LogP contribution in [0.4, 0.5) is 0 Å². The van der Waals surface area contributed by atoms with Crippen LogP contribution in [0.1, 0.15) is 18.2 Å². The first kappa shape index (κ1) is 11.7. The van der Waals surface area contributed by atoms with E-state index in [0.29, 0.717) is 6.61 Å². The minimum atomic E-state index is 0.428. The third kappa shape index (κ3) is 3.60. The number of furan rings is 1. The fourth-order valence-electron chi connectivity index (χ4n) is 1.45. The maximum absolute atomic E-state index is 5.53. The van der Waals surface area contributed by atoms with Crippen LogP contribution in [0.5, 0.6) is 5.75 Å². The Kier molecular flexibility index (Phi) is 4.16. The summed E-state index contributed by atoms with van der Waals surface area (Å²) in [5.74, 6) is 1.57. The van der Waals surface area contributed by atoms with Gasteiger partial charge in [0.2, 0.25) is 0 Å². The first-order valence-electron chi connectivity index (χ1n) is 5.68. The zero-order valence-corrected chi connectivity index (χ0v) is 9.85. The van der Waals surface area contributed by atoms with E-state index in [-0.39, 0.29) is 0 Å². The van der Waals surface area contributed by atoms with Crippen LogP contribution >= 0.6 is 0 Å². The van der Waals surface area contributed by atoms with E-state index in [1.807, 2.05) is 18.2 Å². The van der Waals surface area contributed by atoms with Crippen LogP contribution in [0.25, 0.3) is 0 Å². The van der Waals surface area contributed by atoms with Gasteiger partial charge in [0, 0.05) is 18.3 Å². The summed E-state index contributed by atoms with van der Waals surface area (Å²) in [6, 6.07) is 5.71. The van der Waals surface area contributed by atoms with Gasteiger partial charge >= 0.3 is 0 Å². The van der Waals surface area contributed by atoms with Crippen LogP contribution in [0.15, 0.2) is 41.3 Å².